The lowest BCUT2D eigenvalue weighted by Crippen LogP contribution is -2.50. The highest BCUT2D eigenvalue weighted by molar-refractivity contribution is 7.79. The van der Waals surface area contributed by atoms with Gasteiger partial charge in [-0.3, -0.25) is 9.69 Å². The lowest BCUT2D eigenvalue weighted by molar-refractivity contribution is -0.137. The van der Waals surface area contributed by atoms with E-state index in [0.29, 0.717) is 37.6 Å². The monoisotopic (exact) mass is 500 g/mol. The Bertz CT molecular complexity index is 885. The Morgan fingerprint density at radius 2 is 2.06 bits per heavy atom. The van der Waals surface area contributed by atoms with E-state index in [2.05, 4.69) is 17.5 Å². The summed E-state index contributed by atoms with van der Waals surface area (Å²) in [5.41, 5.74) is 0.744. The second kappa shape index (κ2) is 12.1. The summed E-state index contributed by atoms with van der Waals surface area (Å²) >= 11 is 4.53. The number of cyclic esters (lactones) is 1. The van der Waals surface area contributed by atoms with Crippen LogP contribution in [-0.2, 0) is 19.0 Å². The van der Waals surface area contributed by atoms with Gasteiger partial charge in [-0.1, -0.05) is 0 Å². The number of hydrogen-bond donors (Lipinski definition) is 3. The molecule has 2 atom stereocenters. The number of amides is 2. The molecule has 2 saturated heterocycles. The number of ether oxygens (including phenoxy) is 3. The number of piperazine rings is 1. The van der Waals surface area contributed by atoms with Gasteiger partial charge >= 0.3 is 6.09 Å². The van der Waals surface area contributed by atoms with E-state index < -0.39 is 24.1 Å². The van der Waals surface area contributed by atoms with Crippen LogP contribution in [0.5, 0.6) is 0 Å². The molecule has 0 aliphatic carbocycles. The van der Waals surface area contributed by atoms with Crippen LogP contribution in [0, 0.1) is 5.82 Å². The molecule has 11 nitrogen and oxygen atoms in total. The summed E-state index contributed by atoms with van der Waals surface area (Å²) in [7, 11) is 1.47. The first-order chi connectivity index (χ1) is 16.3. The van der Waals surface area contributed by atoms with Crippen molar-refractivity contribution in [2.45, 2.75) is 12.2 Å². The Morgan fingerprint density at radius 1 is 1.32 bits per heavy atom. The van der Waals surface area contributed by atoms with Crippen LogP contribution in [0.25, 0.3) is 0 Å². The maximum Gasteiger partial charge on any atom is 0.414 e. The highest BCUT2D eigenvalue weighted by Gasteiger charge is 2.33. The number of nitrogens with one attached hydrogen (secondary N) is 1. The molecule has 1 aromatic carbocycles. The second-order valence-electron chi connectivity index (χ2n) is 7.93. The first-order valence-electron chi connectivity index (χ1n) is 10.8. The number of halogens is 1. The Labute approximate surface area is 201 Å². The molecule has 2 heterocycles. The van der Waals surface area contributed by atoms with E-state index in [0.717, 1.165) is 0 Å². The molecule has 2 aliphatic heterocycles. The summed E-state index contributed by atoms with van der Waals surface area (Å²) < 4.78 is 30.2. The Kier molecular flexibility index (Phi) is 9.21. The molecule has 2 fully saturated rings. The first kappa shape index (κ1) is 25.9. The van der Waals surface area contributed by atoms with Crippen molar-refractivity contribution in [3.05, 3.63) is 24.0 Å². The van der Waals surface area contributed by atoms with E-state index in [9.17, 15) is 19.1 Å². The summed E-state index contributed by atoms with van der Waals surface area (Å²) in [6.07, 6.45) is -1.92. The van der Waals surface area contributed by atoms with Crippen LogP contribution in [0.15, 0.2) is 18.2 Å². The number of nitrogens with zero attached hydrogens (tertiary/aromatic N) is 3. The van der Waals surface area contributed by atoms with Gasteiger partial charge < -0.3 is 39.5 Å². The lowest BCUT2D eigenvalue weighted by atomic mass is 10.2. The van der Waals surface area contributed by atoms with E-state index >= 15 is 0 Å². The normalized spacial score (nSPS) is 19.2. The number of methoxy groups -OCH3 is 1. The number of carbonyl (C=O) groups excluding carboxylic acids is 2. The van der Waals surface area contributed by atoms with Gasteiger partial charge in [0, 0.05) is 33.3 Å². The summed E-state index contributed by atoms with van der Waals surface area (Å²) in [4.78, 5) is 29.2. The van der Waals surface area contributed by atoms with Crippen molar-refractivity contribution in [2.75, 3.05) is 76.0 Å². The quantitative estimate of drug-likeness (QED) is 0.385. The number of aliphatic hydroxyl groups is 2. The fraction of sp³-hybridized carbons (Fsp3) is 0.571. The summed E-state index contributed by atoms with van der Waals surface area (Å²) in [6, 6.07) is 4.52. The minimum Gasteiger partial charge on any atom is -0.487 e. The van der Waals surface area contributed by atoms with Crippen molar-refractivity contribution in [1.29, 1.82) is 0 Å². The highest BCUT2D eigenvalue weighted by Crippen LogP contribution is 2.28. The summed E-state index contributed by atoms with van der Waals surface area (Å²) in [5.74, 6) is -0.683. The molecule has 2 aliphatic rings. The third-order valence-corrected chi connectivity index (χ3v) is 5.61. The molecule has 3 rings (SSSR count). The van der Waals surface area contributed by atoms with Gasteiger partial charge in [-0.15, -0.1) is 0 Å². The summed E-state index contributed by atoms with van der Waals surface area (Å²) in [5, 5.41) is 20.7. The molecule has 1 aromatic rings. The molecule has 0 bridgehead atoms. The van der Waals surface area contributed by atoms with Crippen molar-refractivity contribution in [3.8, 4) is 0 Å². The highest BCUT2D eigenvalue weighted by atomic mass is 32.1. The zero-order valence-electron chi connectivity index (χ0n) is 18.8. The van der Waals surface area contributed by atoms with Crippen molar-refractivity contribution in [2.24, 2.45) is 0 Å². The first-order valence-corrected chi connectivity index (χ1v) is 11.2. The average Bonchev–Trinajstić information content (AvgIpc) is 3.18. The van der Waals surface area contributed by atoms with Crippen LogP contribution >= 0.6 is 12.2 Å². The van der Waals surface area contributed by atoms with Crippen molar-refractivity contribution in [1.82, 2.24) is 10.2 Å². The van der Waals surface area contributed by atoms with E-state index in [-0.39, 0.29) is 44.0 Å². The van der Waals surface area contributed by atoms with E-state index in [4.69, 9.17) is 19.3 Å². The van der Waals surface area contributed by atoms with Crippen LogP contribution in [0.1, 0.15) is 0 Å². The van der Waals surface area contributed by atoms with Gasteiger partial charge in [0.2, 0.25) is 5.91 Å². The van der Waals surface area contributed by atoms with Crippen LogP contribution in [-0.4, -0.2) is 111 Å². The number of anilines is 2. The molecule has 13 heteroatoms. The third kappa shape index (κ3) is 6.88. The molecule has 188 valence electrons. The Balaban J connectivity index is 1.50. The Morgan fingerprint density at radius 3 is 2.71 bits per heavy atom. The summed E-state index contributed by atoms with van der Waals surface area (Å²) in [6.45, 7) is 2.03. The van der Waals surface area contributed by atoms with Crippen molar-refractivity contribution >= 4 is 40.8 Å². The molecule has 0 radical (unpaired) electrons. The van der Waals surface area contributed by atoms with Crippen molar-refractivity contribution < 1.29 is 38.4 Å². The van der Waals surface area contributed by atoms with E-state index in [1.807, 2.05) is 4.90 Å². The zero-order valence-corrected chi connectivity index (χ0v) is 19.6. The van der Waals surface area contributed by atoms with Crippen molar-refractivity contribution in [3.63, 3.8) is 0 Å². The maximum atomic E-state index is 14.9. The number of thiocarbonyl (C=S) groups is 1. The number of hydrogen-bond acceptors (Lipinski definition) is 8. The number of carbonyl (C=O) groups is 2. The van der Waals surface area contributed by atoms with E-state index in [1.54, 1.807) is 17.0 Å². The molecule has 34 heavy (non-hydrogen) atoms. The van der Waals surface area contributed by atoms with Gasteiger partial charge in [-0.05, 0) is 30.4 Å². The van der Waals surface area contributed by atoms with Gasteiger partial charge in [0.1, 0.15) is 24.6 Å². The molecular weight excluding hydrogens is 471 g/mol. The molecule has 2 amide bonds. The fourth-order valence-corrected chi connectivity index (χ4v) is 3.85. The molecule has 0 saturated carbocycles. The molecule has 0 spiro atoms. The smallest absolute Gasteiger partial charge is 0.414 e. The molecule has 0 aromatic heterocycles. The molecule has 3 N–H and O–H groups in total. The van der Waals surface area contributed by atoms with Gasteiger partial charge in [-0.25, -0.2) is 9.18 Å². The third-order valence-electron chi connectivity index (χ3n) is 5.47. The minimum atomic E-state index is -0.788. The minimum absolute atomic E-state index is 0.00773. The Hall–Kier alpha value is -2.74. The van der Waals surface area contributed by atoms with E-state index in [1.165, 1.54) is 18.1 Å². The second-order valence-corrected chi connectivity index (χ2v) is 8.32. The largest absolute Gasteiger partial charge is 0.487 e. The standard InChI is InChI=1S/C21H29FN4O7S/c1-31-11-15(27)12-32-13-19(28)25-6-4-24(5-7-25)18-3-2-14(8-17(18)22)26-10-16(33-21(26)30)9-23-20(29)34/h2-3,8,15-16,27H,4-7,9-13H2,1H3,(H2,23,29,34)/t15?,16-/m0/s1. The fourth-order valence-electron chi connectivity index (χ4n) is 3.77. The van der Waals surface area contributed by atoms with Gasteiger partial charge in [-0.2, -0.15) is 0 Å². The molecular formula is C21H29FN4O7S. The average molecular weight is 501 g/mol. The lowest BCUT2D eigenvalue weighted by Gasteiger charge is -2.36. The van der Waals surface area contributed by atoms with Crippen LogP contribution in [0.4, 0.5) is 20.6 Å². The maximum absolute atomic E-state index is 14.9. The zero-order chi connectivity index (χ0) is 24.7. The van der Waals surface area contributed by atoms with Crippen LogP contribution in [0.2, 0.25) is 0 Å². The van der Waals surface area contributed by atoms with Gasteiger partial charge in [0.15, 0.2) is 0 Å². The van der Waals surface area contributed by atoms with Gasteiger partial charge in [0.25, 0.3) is 5.17 Å². The van der Waals surface area contributed by atoms with Crippen LogP contribution < -0.4 is 15.1 Å². The van der Waals surface area contributed by atoms with Crippen LogP contribution in [0.3, 0.4) is 0 Å². The topological polar surface area (TPSA) is 124 Å². The predicted octanol–water partition coefficient (Wildman–Crippen LogP) is 0.256. The number of rotatable bonds is 10. The van der Waals surface area contributed by atoms with Gasteiger partial charge in [0.05, 0.1) is 37.7 Å². The SMILES string of the molecule is COCC(O)COCC(=O)N1CCN(c2ccc(N3C[C@H](CNC(O)=S)OC3=O)cc2F)CC1. The number of aliphatic hydroxyl groups excluding tert-OH is 2. The predicted molar refractivity (Wildman–Crippen MR) is 125 cm³/mol. The number of benzene rings is 1. The molecule has 1 unspecified atom stereocenters.